The van der Waals surface area contributed by atoms with E-state index in [1.54, 1.807) is 24.5 Å². The first-order chi connectivity index (χ1) is 17.4. The number of hydrogen-bond donors (Lipinski definition) is 2. The molecule has 4 aromatic heterocycles. The van der Waals surface area contributed by atoms with Crippen LogP contribution < -0.4 is 15.5 Å². The van der Waals surface area contributed by atoms with Crippen LogP contribution in [0.2, 0.25) is 0 Å². The Hall–Kier alpha value is -3.79. The van der Waals surface area contributed by atoms with E-state index in [2.05, 4.69) is 44.3 Å². The fraction of sp³-hybridized carbons (Fsp3) is 0.346. The molecule has 6 rings (SSSR count). The second-order valence-electron chi connectivity index (χ2n) is 9.66. The maximum atomic E-state index is 14.1. The quantitative estimate of drug-likeness (QED) is 0.395. The fourth-order valence-electron chi connectivity index (χ4n) is 4.92. The van der Waals surface area contributed by atoms with Gasteiger partial charge in [-0.1, -0.05) is 0 Å². The van der Waals surface area contributed by atoms with Crippen molar-refractivity contribution in [1.29, 1.82) is 0 Å². The molecule has 0 bridgehead atoms. The van der Waals surface area contributed by atoms with Gasteiger partial charge in [0.15, 0.2) is 17.5 Å². The van der Waals surface area contributed by atoms with Crippen molar-refractivity contribution in [3.8, 4) is 11.4 Å². The van der Waals surface area contributed by atoms with Gasteiger partial charge in [-0.25, -0.2) is 19.3 Å². The van der Waals surface area contributed by atoms with Crippen molar-refractivity contribution >= 4 is 28.4 Å². The Bertz CT molecular complexity index is 1430. The molecular formula is C26H26F2N8. The molecule has 2 unspecified atom stereocenters. The van der Waals surface area contributed by atoms with Gasteiger partial charge in [0.05, 0.1) is 11.7 Å². The summed E-state index contributed by atoms with van der Waals surface area (Å²) in [5.41, 5.74) is 2.69. The molecule has 0 radical (unpaired) electrons. The minimum Gasteiger partial charge on any atom is -0.353 e. The Morgan fingerprint density at radius 2 is 1.81 bits per heavy atom. The van der Waals surface area contributed by atoms with Gasteiger partial charge in [0.1, 0.15) is 11.6 Å². The van der Waals surface area contributed by atoms with Gasteiger partial charge in [-0.15, -0.1) is 0 Å². The molecule has 1 aliphatic heterocycles. The monoisotopic (exact) mass is 488 g/mol. The van der Waals surface area contributed by atoms with Crippen LogP contribution in [0.25, 0.3) is 22.3 Å². The molecular weight excluding hydrogens is 462 g/mol. The van der Waals surface area contributed by atoms with Gasteiger partial charge in [-0.05, 0) is 62.4 Å². The smallest absolute Gasteiger partial charge is 0.214 e. The zero-order valence-corrected chi connectivity index (χ0v) is 20.0. The number of nitrogens with one attached hydrogen (secondary N) is 2. The Labute approximate surface area is 207 Å². The SMILES string of the molecule is CC1CN(c2nc(-c3ccnc(Nc4nc(F)ccc4F)c3)nc3cncc(C4CC4)c23)CC(C)N1. The Morgan fingerprint density at radius 3 is 2.58 bits per heavy atom. The molecule has 2 aliphatic rings. The molecule has 8 nitrogen and oxygen atoms in total. The highest BCUT2D eigenvalue weighted by Crippen LogP contribution is 2.45. The van der Waals surface area contributed by atoms with Crippen molar-refractivity contribution < 1.29 is 8.78 Å². The molecule has 1 saturated carbocycles. The highest BCUT2D eigenvalue weighted by molar-refractivity contribution is 5.94. The minimum absolute atomic E-state index is 0.234. The number of hydrogen-bond acceptors (Lipinski definition) is 8. The van der Waals surface area contributed by atoms with Crippen LogP contribution in [-0.2, 0) is 0 Å². The molecule has 2 fully saturated rings. The number of aromatic nitrogens is 5. The van der Waals surface area contributed by atoms with Crippen LogP contribution in [0.4, 0.5) is 26.2 Å². The van der Waals surface area contributed by atoms with Crippen molar-refractivity contribution in [2.75, 3.05) is 23.3 Å². The fourth-order valence-corrected chi connectivity index (χ4v) is 4.92. The number of halogens is 2. The van der Waals surface area contributed by atoms with Crippen LogP contribution in [0.5, 0.6) is 0 Å². The average Bonchev–Trinajstić information content (AvgIpc) is 3.70. The zero-order valence-electron chi connectivity index (χ0n) is 20.0. The predicted molar refractivity (Wildman–Crippen MR) is 134 cm³/mol. The molecule has 1 aliphatic carbocycles. The lowest BCUT2D eigenvalue weighted by molar-refractivity contribution is 0.406. The van der Waals surface area contributed by atoms with Gasteiger partial charge in [-0.2, -0.15) is 9.37 Å². The van der Waals surface area contributed by atoms with Gasteiger partial charge in [-0.3, -0.25) is 4.98 Å². The molecule has 0 spiro atoms. The zero-order chi connectivity index (χ0) is 24.8. The molecule has 1 saturated heterocycles. The molecule has 2 atom stereocenters. The summed E-state index contributed by atoms with van der Waals surface area (Å²) in [7, 11) is 0. The summed E-state index contributed by atoms with van der Waals surface area (Å²) in [6, 6.07) is 6.13. The van der Waals surface area contributed by atoms with E-state index in [9.17, 15) is 8.78 Å². The van der Waals surface area contributed by atoms with Crippen LogP contribution in [0.3, 0.4) is 0 Å². The van der Waals surface area contributed by atoms with E-state index in [1.165, 1.54) is 5.56 Å². The Kier molecular flexibility index (Phi) is 5.67. The summed E-state index contributed by atoms with van der Waals surface area (Å²) < 4.78 is 27.7. The van der Waals surface area contributed by atoms with Gasteiger partial charge >= 0.3 is 0 Å². The summed E-state index contributed by atoms with van der Waals surface area (Å²) in [6.07, 6.45) is 7.63. The van der Waals surface area contributed by atoms with E-state index in [0.717, 1.165) is 54.8 Å². The van der Waals surface area contributed by atoms with Crippen molar-refractivity contribution in [3.63, 3.8) is 0 Å². The normalized spacial score (nSPS) is 20.1. The van der Waals surface area contributed by atoms with E-state index in [0.29, 0.717) is 35.2 Å². The van der Waals surface area contributed by atoms with Crippen LogP contribution in [0.1, 0.15) is 38.2 Å². The van der Waals surface area contributed by atoms with Crippen molar-refractivity contribution in [3.05, 3.63) is 60.2 Å². The number of nitrogens with zero attached hydrogens (tertiary/aromatic N) is 6. The third-order valence-corrected chi connectivity index (χ3v) is 6.57. The third-order valence-electron chi connectivity index (χ3n) is 6.57. The van der Waals surface area contributed by atoms with Crippen LogP contribution in [0, 0.1) is 11.8 Å². The molecule has 2 N–H and O–H groups in total. The highest BCUT2D eigenvalue weighted by atomic mass is 19.1. The Morgan fingerprint density at radius 1 is 1.00 bits per heavy atom. The number of rotatable bonds is 5. The van der Waals surface area contributed by atoms with Crippen LogP contribution >= 0.6 is 0 Å². The molecule has 184 valence electrons. The molecule has 10 heteroatoms. The Balaban J connectivity index is 1.45. The minimum atomic E-state index is -0.781. The highest BCUT2D eigenvalue weighted by Gasteiger charge is 2.31. The third kappa shape index (κ3) is 4.44. The van der Waals surface area contributed by atoms with Gasteiger partial charge in [0.2, 0.25) is 5.95 Å². The number of anilines is 3. The lowest BCUT2D eigenvalue weighted by atomic mass is 10.1. The molecule has 0 amide bonds. The summed E-state index contributed by atoms with van der Waals surface area (Å²) in [5.74, 6) is 0.542. The maximum absolute atomic E-state index is 14.1. The van der Waals surface area contributed by atoms with Gasteiger partial charge < -0.3 is 15.5 Å². The first kappa shape index (κ1) is 22.7. The second-order valence-corrected chi connectivity index (χ2v) is 9.66. The number of pyridine rings is 3. The molecule has 0 aromatic carbocycles. The van der Waals surface area contributed by atoms with Gasteiger partial charge in [0.25, 0.3) is 0 Å². The van der Waals surface area contributed by atoms with Crippen LogP contribution in [0.15, 0.2) is 42.9 Å². The summed E-state index contributed by atoms with van der Waals surface area (Å²) >= 11 is 0. The average molecular weight is 489 g/mol. The van der Waals surface area contributed by atoms with Crippen LogP contribution in [-0.4, -0.2) is 50.1 Å². The molecule has 36 heavy (non-hydrogen) atoms. The lowest BCUT2D eigenvalue weighted by Gasteiger charge is -2.37. The first-order valence-corrected chi connectivity index (χ1v) is 12.2. The number of piperazine rings is 1. The summed E-state index contributed by atoms with van der Waals surface area (Å²) in [5, 5.41) is 7.41. The standard InChI is InChI=1S/C26H26F2N8/c1-14-12-36(13-15(2)31-14)26-23-18(16-3-4-16)10-29-11-20(23)32-24(35-26)17-7-8-30-22(9-17)34-25-19(27)5-6-21(28)33-25/h5-11,14-16,31H,3-4,12-13H2,1-2H3,(H,30,33,34). The lowest BCUT2D eigenvalue weighted by Crippen LogP contribution is -2.54. The molecule has 4 aromatic rings. The van der Waals surface area contributed by atoms with Crippen molar-refractivity contribution in [2.24, 2.45) is 0 Å². The summed E-state index contributed by atoms with van der Waals surface area (Å²) in [6.45, 7) is 6.01. The van der Waals surface area contributed by atoms with Gasteiger partial charge in [0, 0.05) is 48.5 Å². The van der Waals surface area contributed by atoms with E-state index < -0.39 is 11.8 Å². The van der Waals surface area contributed by atoms with Crippen molar-refractivity contribution in [1.82, 2.24) is 30.2 Å². The molecule has 5 heterocycles. The van der Waals surface area contributed by atoms with E-state index >= 15 is 0 Å². The maximum Gasteiger partial charge on any atom is 0.214 e. The first-order valence-electron chi connectivity index (χ1n) is 12.2. The summed E-state index contributed by atoms with van der Waals surface area (Å²) in [4.78, 5) is 24.6. The largest absolute Gasteiger partial charge is 0.353 e. The topological polar surface area (TPSA) is 91.8 Å². The van der Waals surface area contributed by atoms with Crippen molar-refractivity contribution in [2.45, 2.75) is 44.7 Å². The van der Waals surface area contributed by atoms with E-state index in [-0.39, 0.29) is 5.82 Å². The van der Waals surface area contributed by atoms with E-state index in [1.807, 2.05) is 6.20 Å². The predicted octanol–water partition coefficient (Wildman–Crippen LogP) is 4.57. The second kappa shape index (κ2) is 9.02. The number of fused-ring (bicyclic) bond motifs is 1. The van der Waals surface area contributed by atoms with E-state index in [4.69, 9.17) is 9.97 Å².